The molecule has 168 valence electrons. The van der Waals surface area contributed by atoms with Crippen molar-refractivity contribution in [3.63, 3.8) is 0 Å². The van der Waals surface area contributed by atoms with Gasteiger partial charge >= 0.3 is 0 Å². The van der Waals surface area contributed by atoms with E-state index in [0.717, 1.165) is 51.5 Å². The molecule has 9 heteroatoms. The number of nitrogens with zero attached hydrogens (tertiary/aromatic N) is 1. The van der Waals surface area contributed by atoms with E-state index in [2.05, 4.69) is 10.2 Å². The van der Waals surface area contributed by atoms with E-state index < -0.39 is 0 Å². The molecule has 1 fully saturated rings. The van der Waals surface area contributed by atoms with Crippen molar-refractivity contribution in [2.45, 2.75) is 13.2 Å². The van der Waals surface area contributed by atoms with Crippen LogP contribution >= 0.6 is 36.4 Å². The SMILES string of the molecule is COc1cc(CNCCN2CCOCC2)ccc1OCc1c(F)cccc1Cl.Cl.Cl. The second kappa shape index (κ2) is 13.9. The van der Waals surface area contributed by atoms with Crippen molar-refractivity contribution < 1.29 is 18.6 Å². The Morgan fingerprint density at radius 3 is 2.60 bits per heavy atom. The highest BCUT2D eigenvalue weighted by molar-refractivity contribution is 6.31. The molecule has 0 spiro atoms. The number of methoxy groups -OCH3 is 1. The number of nitrogens with one attached hydrogen (secondary N) is 1. The molecule has 1 saturated heterocycles. The quantitative estimate of drug-likeness (QED) is 0.540. The summed E-state index contributed by atoms with van der Waals surface area (Å²) in [4.78, 5) is 2.39. The number of halogens is 4. The van der Waals surface area contributed by atoms with Gasteiger partial charge < -0.3 is 19.5 Å². The Kier molecular flexibility index (Phi) is 12.4. The van der Waals surface area contributed by atoms with Gasteiger partial charge in [-0.05, 0) is 29.8 Å². The molecule has 2 aromatic rings. The number of benzene rings is 2. The zero-order valence-electron chi connectivity index (χ0n) is 16.9. The average molecular weight is 482 g/mol. The normalized spacial score (nSPS) is 13.8. The highest BCUT2D eigenvalue weighted by Gasteiger charge is 2.12. The van der Waals surface area contributed by atoms with Gasteiger partial charge in [0.05, 0.1) is 25.3 Å². The monoisotopic (exact) mass is 480 g/mol. The van der Waals surface area contributed by atoms with Crippen LogP contribution in [0.2, 0.25) is 5.02 Å². The predicted molar refractivity (Wildman–Crippen MR) is 122 cm³/mol. The maximum Gasteiger partial charge on any atom is 0.161 e. The van der Waals surface area contributed by atoms with Gasteiger partial charge in [0.1, 0.15) is 12.4 Å². The molecule has 5 nitrogen and oxygen atoms in total. The van der Waals surface area contributed by atoms with Crippen LogP contribution < -0.4 is 14.8 Å². The third-order valence-corrected chi connectivity index (χ3v) is 5.05. The van der Waals surface area contributed by atoms with Gasteiger partial charge in [-0.1, -0.05) is 23.7 Å². The van der Waals surface area contributed by atoms with Crippen LogP contribution in [0, 0.1) is 5.82 Å². The minimum absolute atomic E-state index is 0. The lowest BCUT2D eigenvalue weighted by Crippen LogP contribution is -2.40. The first kappa shape index (κ1) is 26.8. The Morgan fingerprint density at radius 1 is 1.13 bits per heavy atom. The molecule has 1 aliphatic heterocycles. The van der Waals surface area contributed by atoms with E-state index in [1.807, 2.05) is 18.2 Å². The van der Waals surface area contributed by atoms with E-state index in [1.165, 1.54) is 6.07 Å². The van der Waals surface area contributed by atoms with Crippen LogP contribution in [-0.2, 0) is 17.9 Å². The molecule has 0 aliphatic carbocycles. The fraction of sp³-hybridized carbons (Fsp3) is 0.429. The first-order valence-corrected chi connectivity index (χ1v) is 9.78. The summed E-state index contributed by atoms with van der Waals surface area (Å²) in [6.07, 6.45) is 0. The van der Waals surface area contributed by atoms with Gasteiger partial charge in [-0.25, -0.2) is 4.39 Å². The van der Waals surface area contributed by atoms with E-state index >= 15 is 0 Å². The van der Waals surface area contributed by atoms with Gasteiger partial charge in [0.25, 0.3) is 0 Å². The standard InChI is InChI=1S/C21H26ClFN2O3.2ClH/c1-26-21-13-16(14-24-7-8-25-9-11-27-12-10-25)5-6-20(21)28-15-17-18(22)3-2-4-19(17)23;;/h2-6,13,24H,7-12,14-15H2,1H3;2*1H. The second-order valence-corrected chi connectivity index (χ2v) is 7.01. The van der Waals surface area contributed by atoms with Gasteiger partial charge in [-0.2, -0.15) is 0 Å². The summed E-state index contributed by atoms with van der Waals surface area (Å²) < 4.78 is 30.4. The summed E-state index contributed by atoms with van der Waals surface area (Å²) in [5.41, 5.74) is 1.43. The maximum atomic E-state index is 13.9. The molecule has 0 amide bonds. The summed E-state index contributed by atoms with van der Waals surface area (Å²) in [7, 11) is 1.59. The number of hydrogen-bond acceptors (Lipinski definition) is 5. The van der Waals surface area contributed by atoms with Crippen molar-refractivity contribution in [1.29, 1.82) is 0 Å². The third-order valence-electron chi connectivity index (χ3n) is 4.70. The number of morpholine rings is 1. The molecule has 2 aromatic carbocycles. The van der Waals surface area contributed by atoms with E-state index in [4.69, 9.17) is 25.8 Å². The van der Waals surface area contributed by atoms with Gasteiger partial charge in [-0.15, -0.1) is 24.8 Å². The Balaban J connectivity index is 0.00000225. The lowest BCUT2D eigenvalue weighted by Gasteiger charge is -2.26. The summed E-state index contributed by atoms with van der Waals surface area (Å²) >= 11 is 6.05. The minimum atomic E-state index is -0.382. The van der Waals surface area contributed by atoms with Gasteiger partial charge in [-0.3, -0.25) is 4.90 Å². The molecule has 0 bridgehead atoms. The zero-order valence-corrected chi connectivity index (χ0v) is 19.3. The van der Waals surface area contributed by atoms with Gasteiger partial charge in [0.15, 0.2) is 11.5 Å². The highest BCUT2D eigenvalue weighted by atomic mass is 35.5. The predicted octanol–water partition coefficient (Wildman–Crippen LogP) is 4.33. The molecular weight excluding hydrogens is 454 g/mol. The molecule has 0 unspecified atom stereocenters. The zero-order chi connectivity index (χ0) is 19.8. The smallest absolute Gasteiger partial charge is 0.161 e. The summed E-state index contributed by atoms with van der Waals surface area (Å²) in [5, 5.41) is 3.79. The fourth-order valence-corrected chi connectivity index (χ4v) is 3.27. The summed E-state index contributed by atoms with van der Waals surface area (Å²) in [6, 6.07) is 10.3. The summed E-state index contributed by atoms with van der Waals surface area (Å²) in [6.45, 7) is 6.31. The first-order valence-electron chi connectivity index (χ1n) is 9.41. The van der Waals surface area contributed by atoms with Crippen molar-refractivity contribution in [2.75, 3.05) is 46.5 Å². The van der Waals surface area contributed by atoms with E-state index in [0.29, 0.717) is 22.1 Å². The van der Waals surface area contributed by atoms with Crippen molar-refractivity contribution in [3.05, 3.63) is 58.4 Å². The second-order valence-electron chi connectivity index (χ2n) is 6.60. The number of hydrogen-bond donors (Lipinski definition) is 1. The molecule has 30 heavy (non-hydrogen) atoms. The van der Waals surface area contributed by atoms with Crippen molar-refractivity contribution in [1.82, 2.24) is 10.2 Å². The lowest BCUT2D eigenvalue weighted by atomic mass is 10.2. The molecule has 1 aliphatic rings. The molecule has 0 saturated carbocycles. The van der Waals surface area contributed by atoms with Crippen LogP contribution in [0.5, 0.6) is 11.5 Å². The molecule has 0 atom stereocenters. The van der Waals surface area contributed by atoms with Crippen LogP contribution in [0.25, 0.3) is 0 Å². The van der Waals surface area contributed by atoms with Crippen molar-refractivity contribution in [3.8, 4) is 11.5 Å². The Morgan fingerprint density at radius 2 is 1.90 bits per heavy atom. The number of rotatable bonds is 9. The van der Waals surface area contributed by atoms with Crippen LogP contribution in [0.4, 0.5) is 4.39 Å². The Labute approximate surface area is 194 Å². The first-order chi connectivity index (χ1) is 13.7. The largest absolute Gasteiger partial charge is 0.493 e. The fourth-order valence-electron chi connectivity index (χ4n) is 3.06. The van der Waals surface area contributed by atoms with E-state index in [9.17, 15) is 4.39 Å². The highest BCUT2D eigenvalue weighted by Crippen LogP contribution is 2.30. The molecule has 3 rings (SSSR count). The van der Waals surface area contributed by atoms with Gasteiger partial charge in [0.2, 0.25) is 0 Å². The molecule has 0 aromatic heterocycles. The molecule has 1 N–H and O–H groups in total. The van der Waals surface area contributed by atoms with Crippen LogP contribution in [0.3, 0.4) is 0 Å². The summed E-state index contributed by atoms with van der Waals surface area (Å²) in [5.74, 6) is 0.784. The third kappa shape index (κ3) is 7.76. The Bertz CT molecular complexity index is 757. The van der Waals surface area contributed by atoms with Crippen molar-refractivity contribution >= 4 is 36.4 Å². The van der Waals surface area contributed by atoms with Gasteiger partial charge in [0, 0.05) is 38.3 Å². The van der Waals surface area contributed by atoms with Crippen LogP contribution in [0.15, 0.2) is 36.4 Å². The molecule has 1 heterocycles. The van der Waals surface area contributed by atoms with Crippen LogP contribution in [-0.4, -0.2) is 51.4 Å². The van der Waals surface area contributed by atoms with Crippen molar-refractivity contribution in [2.24, 2.45) is 0 Å². The molecular formula is C21H28Cl3FN2O3. The number of ether oxygens (including phenoxy) is 3. The lowest BCUT2D eigenvalue weighted by molar-refractivity contribution is 0.0384. The topological polar surface area (TPSA) is 43.0 Å². The average Bonchev–Trinajstić information content (AvgIpc) is 2.72. The minimum Gasteiger partial charge on any atom is -0.493 e. The van der Waals surface area contributed by atoms with E-state index in [1.54, 1.807) is 19.2 Å². The maximum absolute atomic E-state index is 13.9. The van der Waals surface area contributed by atoms with E-state index in [-0.39, 0.29) is 37.2 Å². The van der Waals surface area contributed by atoms with Crippen LogP contribution in [0.1, 0.15) is 11.1 Å². The Hall–Kier alpha value is -1.28. The molecule has 0 radical (unpaired) electrons.